The van der Waals surface area contributed by atoms with Gasteiger partial charge in [0.25, 0.3) is 0 Å². The van der Waals surface area contributed by atoms with Crippen molar-refractivity contribution in [2.75, 3.05) is 0 Å². The lowest BCUT2D eigenvalue weighted by atomic mass is 10.1. The SMILES string of the molecule is Clc1ccc(-c2csc(=NCc3cccnc3)n2-c2ccccc2)cc1. The molecule has 4 aromatic rings. The van der Waals surface area contributed by atoms with E-state index in [1.807, 2.05) is 60.8 Å². The molecule has 0 unspecified atom stereocenters. The number of hydrogen-bond acceptors (Lipinski definition) is 3. The molecule has 0 bridgehead atoms. The molecule has 0 saturated heterocycles. The summed E-state index contributed by atoms with van der Waals surface area (Å²) < 4.78 is 2.18. The lowest BCUT2D eigenvalue weighted by molar-refractivity contribution is 0.923. The lowest BCUT2D eigenvalue weighted by Gasteiger charge is -2.09. The van der Waals surface area contributed by atoms with Gasteiger partial charge in [-0.05, 0) is 41.5 Å². The van der Waals surface area contributed by atoms with Crippen molar-refractivity contribution in [3.63, 3.8) is 0 Å². The fraction of sp³-hybridized carbons (Fsp3) is 0.0476. The average molecular weight is 378 g/mol. The third kappa shape index (κ3) is 3.62. The molecule has 0 atom stereocenters. The van der Waals surface area contributed by atoms with Crippen molar-refractivity contribution in [2.45, 2.75) is 6.54 Å². The van der Waals surface area contributed by atoms with Gasteiger partial charge in [-0.2, -0.15) is 0 Å². The molecule has 0 saturated carbocycles. The van der Waals surface area contributed by atoms with Crippen LogP contribution in [0.25, 0.3) is 16.9 Å². The van der Waals surface area contributed by atoms with Gasteiger partial charge < -0.3 is 0 Å². The number of nitrogens with zero attached hydrogens (tertiary/aromatic N) is 3. The zero-order chi connectivity index (χ0) is 17.8. The van der Waals surface area contributed by atoms with E-state index in [0.717, 1.165) is 32.3 Å². The van der Waals surface area contributed by atoms with Crippen LogP contribution in [-0.2, 0) is 6.54 Å². The summed E-state index contributed by atoms with van der Waals surface area (Å²) in [5, 5.41) is 2.87. The Hall–Kier alpha value is -2.69. The highest BCUT2D eigenvalue weighted by atomic mass is 35.5. The number of rotatable bonds is 4. The number of hydrogen-bond donors (Lipinski definition) is 0. The molecule has 0 fully saturated rings. The predicted octanol–water partition coefficient (Wildman–Crippen LogP) is 5.36. The summed E-state index contributed by atoms with van der Waals surface area (Å²) in [6, 6.07) is 22.2. The summed E-state index contributed by atoms with van der Waals surface area (Å²) in [6.07, 6.45) is 3.63. The van der Waals surface area contributed by atoms with Crippen molar-refractivity contribution in [1.29, 1.82) is 0 Å². The van der Waals surface area contributed by atoms with Crippen LogP contribution in [0.15, 0.2) is 89.5 Å². The molecule has 3 nitrogen and oxygen atoms in total. The van der Waals surface area contributed by atoms with Gasteiger partial charge >= 0.3 is 0 Å². The Kier molecular flexibility index (Phi) is 4.95. The maximum atomic E-state index is 6.05. The standard InChI is InChI=1S/C21H16ClN3S/c22-18-10-8-17(9-11-18)20-15-26-21(24-14-16-5-4-12-23-13-16)25(20)19-6-2-1-3-7-19/h1-13,15H,14H2. The van der Waals surface area contributed by atoms with Crippen LogP contribution in [0, 0.1) is 0 Å². The second kappa shape index (κ2) is 7.68. The van der Waals surface area contributed by atoms with Crippen LogP contribution in [0.3, 0.4) is 0 Å². The molecule has 0 amide bonds. The number of pyridine rings is 1. The monoisotopic (exact) mass is 377 g/mol. The topological polar surface area (TPSA) is 30.2 Å². The van der Waals surface area contributed by atoms with E-state index in [-0.39, 0.29) is 0 Å². The van der Waals surface area contributed by atoms with Crippen molar-refractivity contribution in [3.8, 4) is 16.9 Å². The highest BCUT2D eigenvalue weighted by molar-refractivity contribution is 7.07. The largest absolute Gasteiger partial charge is 0.285 e. The Morgan fingerprint density at radius 3 is 2.50 bits per heavy atom. The molecular formula is C21H16ClN3S. The van der Waals surface area contributed by atoms with Gasteiger partial charge in [0.2, 0.25) is 0 Å². The molecule has 0 spiro atoms. The first kappa shape index (κ1) is 16.8. The number of thiazole rings is 1. The maximum absolute atomic E-state index is 6.05. The van der Waals surface area contributed by atoms with Crippen LogP contribution in [0.1, 0.15) is 5.56 Å². The van der Waals surface area contributed by atoms with Crippen molar-refractivity contribution in [2.24, 2.45) is 4.99 Å². The van der Waals surface area contributed by atoms with E-state index in [4.69, 9.17) is 16.6 Å². The molecule has 0 aliphatic heterocycles. The predicted molar refractivity (Wildman–Crippen MR) is 108 cm³/mol. The molecule has 2 heterocycles. The molecule has 2 aromatic carbocycles. The molecule has 0 aliphatic carbocycles. The quantitative estimate of drug-likeness (QED) is 0.471. The Morgan fingerprint density at radius 2 is 1.77 bits per heavy atom. The second-order valence-electron chi connectivity index (χ2n) is 5.76. The Balaban J connectivity index is 1.83. The Labute approximate surface area is 160 Å². The summed E-state index contributed by atoms with van der Waals surface area (Å²) in [6.45, 7) is 0.598. The zero-order valence-corrected chi connectivity index (χ0v) is 15.5. The van der Waals surface area contributed by atoms with Crippen LogP contribution >= 0.6 is 22.9 Å². The minimum absolute atomic E-state index is 0.598. The summed E-state index contributed by atoms with van der Waals surface area (Å²) in [5.41, 5.74) is 4.39. The van der Waals surface area contributed by atoms with E-state index >= 15 is 0 Å². The van der Waals surface area contributed by atoms with E-state index in [0.29, 0.717) is 6.54 Å². The van der Waals surface area contributed by atoms with Gasteiger partial charge in [0.05, 0.1) is 12.2 Å². The zero-order valence-electron chi connectivity index (χ0n) is 13.9. The minimum atomic E-state index is 0.598. The fourth-order valence-corrected chi connectivity index (χ4v) is 3.75. The highest BCUT2D eigenvalue weighted by Crippen LogP contribution is 2.25. The molecule has 5 heteroatoms. The lowest BCUT2D eigenvalue weighted by Crippen LogP contribution is -2.14. The molecule has 128 valence electrons. The van der Waals surface area contributed by atoms with Crippen LogP contribution in [0.2, 0.25) is 5.02 Å². The van der Waals surface area contributed by atoms with Gasteiger partial charge in [0.15, 0.2) is 4.80 Å². The average Bonchev–Trinajstić information content (AvgIpc) is 3.12. The number of aromatic nitrogens is 2. The van der Waals surface area contributed by atoms with Gasteiger partial charge in [-0.15, -0.1) is 11.3 Å². The van der Waals surface area contributed by atoms with E-state index in [2.05, 4.69) is 27.1 Å². The minimum Gasteiger partial charge on any atom is -0.285 e. The summed E-state index contributed by atoms with van der Waals surface area (Å²) in [7, 11) is 0. The number of para-hydroxylation sites is 1. The third-order valence-electron chi connectivity index (χ3n) is 3.98. The molecule has 26 heavy (non-hydrogen) atoms. The molecule has 0 N–H and O–H groups in total. The van der Waals surface area contributed by atoms with Crippen molar-refractivity contribution in [1.82, 2.24) is 9.55 Å². The molecule has 4 rings (SSSR count). The molecule has 0 aliphatic rings. The second-order valence-corrected chi connectivity index (χ2v) is 7.03. The third-order valence-corrected chi connectivity index (χ3v) is 5.10. The van der Waals surface area contributed by atoms with Crippen LogP contribution in [0.5, 0.6) is 0 Å². The van der Waals surface area contributed by atoms with Crippen molar-refractivity contribution >= 4 is 22.9 Å². The van der Waals surface area contributed by atoms with E-state index in [1.54, 1.807) is 17.5 Å². The maximum Gasteiger partial charge on any atom is 0.190 e. The van der Waals surface area contributed by atoms with Gasteiger partial charge in [-0.3, -0.25) is 14.5 Å². The summed E-state index contributed by atoms with van der Waals surface area (Å²) in [4.78, 5) is 9.94. The van der Waals surface area contributed by atoms with Crippen molar-refractivity contribution < 1.29 is 0 Å². The van der Waals surface area contributed by atoms with E-state index < -0.39 is 0 Å². The first-order valence-electron chi connectivity index (χ1n) is 8.22. The first-order chi connectivity index (χ1) is 12.8. The van der Waals surface area contributed by atoms with Gasteiger partial charge in [-0.1, -0.05) is 48.0 Å². The Morgan fingerprint density at radius 1 is 0.962 bits per heavy atom. The molecular weight excluding hydrogens is 362 g/mol. The van der Waals surface area contributed by atoms with Gasteiger partial charge in [-0.25, -0.2) is 0 Å². The number of benzene rings is 2. The normalized spacial score (nSPS) is 11.7. The fourth-order valence-electron chi connectivity index (χ4n) is 2.72. The van der Waals surface area contributed by atoms with Crippen LogP contribution in [0.4, 0.5) is 0 Å². The molecule has 2 aromatic heterocycles. The van der Waals surface area contributed by atoms with E-state index in [9.17, 15) is 0 Å². The van der Waals surface area contributed by atoms with Crippen molar-refractivity contribution in [3.05, 3.63) is 99.9 Å². The summed E-state index contributed by atoms with van der Waals surface area (Å²) in [5.74, 6) is 0. The smallest absolute Gasteiger partial charge is 0.190 e. The number of halogens is 1. The van der Waals surface area contributed by atoms with Gasteiger partial charge in [0.1, 0.15) is 0 Å². The van der Waals surface area contributed by atoms with Gasteiger partial charge in [0, 0.05) is 28.5 Å². The van der Waals surface area contributed by atoms with Crippen LogP contribution in [-0.4, -0.2) is 9.55 Å². The Bertz CT molecular complexity index is 1050. The molecule has 0 radical (unpaired) electrons. The van der Waals surface area contributed by atoms with Crippen LogP contribution < -0.4 is 4.80 Å². The highest BCUT2D eigenvalue weighted by Gasteiger charge is 2.10. The first-order valence-corrected chi connectivity index (χ1v) is 9.48. The van der Waals surface area contributed by atoms with E-state index in [1.165, 1.54) is 0 Å². The summed E-state index contributed by atoms with van der Waals surface area (Å²) >= 11 is 7.68.